The molecule has 0 N–H and O–H groups in total. The molecule has 0 aromatic rings. The second kappa shape index (κ2) is 4.80. The zero-order valence-corrected chi connectivity index (χ0v) is 9.50. The van der Waals surface area contributed by atoms with Crippen molar-refractivity contribution < 1.29 is 0 Å². The van der Waals surface area contributed by atoms with Crippen LogP contribution < -0.4 is 0 Å². The highest BCUT2D eigenvalue weighted by Crippen LogP contribution is 2.05. The maximum atomic E-state index is 2.33. The van der Waals surface area contributed by atoms with E-state index in [-0.39, 0.29) is 0 Å². The van der Waals surface area contributed by atoms with Gasteiger partial charge in [0.1, 0.15) is 0 Å². The summed E-state index contributed by atoms with van der Waals surface area (Å²) in [5, 5.41) is 0. The normalized spacial score (nSPS) is 17.5. The smallest absolute Gasteiger partial charge is 0.0599 e. The van der Waals surface area contributed by atoms with Gasteiger partial charge in [-0.2, -0.15) is 0 Å². The predicted molar refractivity (Wildman–Crippen MR) is 54.1 cm³/mol. The van der Waals surface area contributed by atoms with Crippen molar-refractivity contribution in [2.24, 2.45) is 0 Å². The molecule has 0 spiro atoms. The second-order valence-corrected chi connectivity index (χ2v) is 3.86. The molecule has 0 saturated heterocycles. The Hall–Kier alpha value is -0.120. The van der Waals surface area contributed by atoms with Gasteiger partial charge in [0.05, 0.1) is 12.3 Å². The van der Waals surface area contributed by atoms with Gasteiger partial charge in [-0.15, -0.1) is 0 Å². The lowest BCUT2D eigenvalue weighted by atomic mass is 10.3. The first-order chi connectivity index (χ1) is 5.37. The molecule has 3 heteroatoms. The molecule has 0 aliphatic rings. The zero-order valence-electron chi connectivity index (χ0n) is 9.50. The molecule has 0 aliphatic carbocycles. The molecule has 0 saturated carbocycles. The van der Waals surface area contributed by atoms with E-state index in [0.717, 1.165) is 0 Å². The SMILES string of the molecule is CC(N(C)C)N(C)C(C)N(C)C. The summed E-state index contributed by atoms with van der Waals surface area (Å²) in [4.78, 5) is 6.75. The van der Waals surface area contributed by atoms with E-state index in [9.17, 15) is 0 Å². The highest BCUT2D eigenvalue weighted by Gasteiger charge is 2.17. The number of hydrogen-bond acceptors (Lipinski definition) is 3. The fraction of sp³-hybridized carbons (Fsp3) is 1.00. The van der Waals surface area contributed by atoms with Gasteiger partial charge in [0.15, 0.2) is 0 Å². The van der Waals surface area contributed by atoms with Gasteiger partial charge < -0.3 is 0 Å². The van der Waals surface area contributed by atoms with Gasteiger partial charge in [-0.25, -0.2) is 0 Å². The molecule has 0 aromatic heterocycles. The molecule has 3 nitrogen and oxygen atoms in total. The van der Waals surface area contributed by atoms with Crippen molar-refractivity contribution in [1.82, 2.24) is 14.7 Å². The summed E-state index contributed by atoms with van der Waals surface area (Å²) in [6, 6.07) is 0. The number of nitrogens with zero attached hydrogens (tertiary/aromatic N) is 3. The van der Waals surface area contributed by atoms with Crippen molar-refractivity contribution >= 4 is 0 Å². The minimum Gasteiger partial charge on any atom is -0.294 e. The van der Waals surface area contributed by atoms with E-state index in [1.807, 2.05) is 0 Å². The van der Waals surface area contributed by atoms with E-state index in [0.29, 0.717) is 12.3 Å². The third-order valence-corrected chi connectivity index (χ3v) is 2.67. The molecular formula is C9H23N3. The molecule has 0 bridgehead atoms. The largest absolute Gasteiger partial charge is 0.294 e. The Labute approximate surface area is 76.9 Å². The Bertz CT molecular complexity index is 109. The lowest BCUT2D eigenvalue weighted by Crippen LogP contribution is -2.50. The van der Waals surface area contributed by atoms with Crippen molar-refractivity contribution in [2.75, 3.05) is 35.2 Å². The van der Waals surface area contributed by atoms with Crippen LogP contribution in [0.5, 0.6) is 0 Å². The van der Waals surface area contributed by atoms with Crippen molar-refractivity contribution in [1.29, 1.82) is 0 Å². The van der Waals surface area contributed by atoms with Gasteiger partial charge >= 0.3 is 0 Å². The van der Waals surface area contributed by atoms with Crippen molar-refractivity contribution in [3.8, 4) is 0 Å². The molecule has 74 valence electrons. The molecule has 0 radical (unpaired) electrons. The Morgan fingerprint density at radius 1 is 0.667 bits per heavy atom. The summed E-state index contributed by atoms with van der Waals surface area (Å²) in [5.41, 5.74) is 0. The Balaban J connectivity index is 4.08. The Kier molecular flexibility index (Phi) is 4.75. The van der Waals surface area contributed by atoms with Gasteiger partial charge in [0, 0.05) is 0 Å². The fourth-order valence-electron chi connectivity index (χ4n) is 1.04. The Morgan fingerprint density at radius 3 is 1.08 bits per heavy atom. The van der Waals surface area contributed by atoms with E-state index in [1.165, 1.54) is 0 Å². The maximum Gasteiger partial charge on any atom is 0.0599 e. The van der Waals surface area contributed by atoms with Crippen LogP contribution in [0.25, 0.3) is 0 Å². The average Bonchev–Trinajstić information content (AvgIpc) is 2.00. The minimum absolute atomic E-state index is 0.474. The van der Waals surface area contributed by atoms with E-state index < -0.39 is 0 Å². The van der Waals surface area contributed by atoms with Crippen molar-refractivity contribution in [2.45, 2.75) is 26.2 Å². The topological polar surface area (TPSA) is 9.72 Å². The molecule has 0 heterocycles. The van der Waals surface area contributed by atoms with Crippen LogP contribution in [0.3, 0.4) is 0 Å². The molecule has 0 rings (SSSR count). The van der Waals surface area contributed by atoms with Crippen LogP contribution in [0, 0.1) is 0 Å². The van der Waals surface area contributed by atoms with Crippen molar-refractivity contribution in [3.63, 3.8) is 0 Å². The quantitative estimate of drug-likeness (QED) is 0.580. The first-order valence-corrected chi connectivity index (χ1v) is 4.42. The van der Waals surface area contributed by atoms with Gasteiger partial charge in [0.25, 0.3) is 0 Å². The van der Waals surface area contributed by atoms with Crippen LogP contribution in [-0.2, 0) is 0 Å². The first-order valence-electron chi connectivity index (χ1n) is 4.42. The molecule has 12 heavy (non-hydrogen) atoms. The highest BCUT2D eigenvalue weighted by atomic mass is 15.4. The van der Waals surface area contributed by atoms with Crippen LogP contribution >= 0.6 is 0 Å². The monoisotopic (exact) mass is 173 g/mol. The molecule has 0 aromatic carbocycles. The maximum absolute atomic E-state index is 2.33. The summed E-state index contributed by atoms with van der Waals surface area (Å²) in [6.45, 7) is 4.42. The standard InChI is InChI=1S/C9H23N3/c1-8(10(3)4)12(7)9(2)11(5)6/h8-9H,1-7H3. The molecule has 2 unspecified atom stereocenters. The average molecular weight is 173 g/mol. The fourth-order valence-corrected chi connectivity index (χ4v) is 1.04. The van der Waals surface area contributed by atoms with E-state index in [4.69, 9.17) is 0 Å². The molecule has 0 fully saturated rings. The predicted octanol–water partition coefficient (Wildman–Crippen LogP) is 0.733. The highest BCUT2D eigenvalue weighted by molar-refractivity contribution is 4.65. The van der Waals surface area contributed by atoms with E-state index in [2.05, 4.69) is 63.8 Å². The summed E-state index contributed by atoms with van der Waals surface area (Å²) in [6.07, 6.45) is 0.949. The Morgan fingerprint density at radius 2 is 0.917 bits per heavy atom. The van der Waals surface area contributed by atoms with Crippen LogP contribution in [0.15, 0.2) is 0 Å². The summed E-state index contributed by atoms with van der Waals surface area (Å²) in [7, 11) is 10.6. The van der Waals surface area contributed by atoms with Crippen LogP contribution in [-0.4, -0.2) is 62.3 Å². The van der Waals surface area contributed by atoms with E-state index in [1.54, 1.807) is 0 Å². The number of hydrogen-bond donors (Lipinski definition) is 0. The third kappa shape index (κ3) is 3.09. The van der Waals surface area contributed by atoms with E-state index >= 15 is 0 Å². The molecule has 2 atom stereocenters. The minimum atomic E-state index is 0.474. The zero-order chi connectivity index (χ0) is 9.89. The molecular weight excluding hydrogens is 150 g/mol. The molecule has 0 amide bonds. The van der Waals surface area contributed by atoms with Crippen LogP contribution in [0.2, 0.25) is 0 Å². The lowest BCUT2D eigenvalue weighted by Gasteiger charge is -2.37. The first kappa shape index (κ1) is 11.9. The summed E-state index contributed by atoms with van der Waals surface area (Å²) in [5.74, 6) is 0. The van der Waals surface area contributed by atoms with Gasteiger partial charge in [0.2, 0.25) is 0 Å². The van der Waals surface area contributed by atoms with Crippen LogP contribution in [0.4, 0.5) is 0 Å². The summed E-state index contributed by atoms with van der Waals surface area (Å²) >= 11 is 0. The van der Waals surface area contributed by atoms with Crippen LogP contribution in [0.1, 0.15) is 13.8 Å². The van der Waals surface area contributed by atoms with Gasteiger partial charge in [-0.3, -0.25) is 14.7 Å². The third-order valence-electron chi connectivity index (χ3n) is 2.67. The molecule has 0 aliphatic heterocycles. The number of rotatable bonds is 4. The lowest BCUT2D eigenvalue weighted by molar-refractivity contribution is 0.0249. The van der Waals surface area contributed by atoms with Gasteiger partial charge in [-0.05, 0) is 49.1 Å². The van der Waals surface area contributed by atoms with Crippen molar-refractivity contribution in [3.05, 3.63) is 0 Å². The van der Waals surface area contributed by atoms with Gasteiger partial charge in [-0.1, -0.05) is 0 Å². The second-order valence-electron chi connectivity index (χ2n) is 3.86. The summed E-state index contributed by atoms with van der Waals surface area (Å²) < 4.78 is 0.